The van der Waals surface area contributed by atoms with E-state index in [1.807, 2.05) is 18.2 Å². The minimum Gasteiger partial charge on any atom is -0.356 e. The van der Waals surface area contributed by atoms with E-state index in [9.17, 15) is 4.79 Å². The highest BCUT2D eigenvalue weighted by Crippen LogP contribution is 2.46. The molecule has 2 nitrogen and oxygen atoms in total. The van der Waals surface area contributed by atoms with Crippen LogP contribution in [-0.2, 0) is 11.2 Å². The summed E-state index contributed by atoms with van der Waals surface area (Å²) < 4.78 is 0. The Bertz CT molecular complexity index is 387. The van der Waals surface area contributed by atoms with E-state index in [1.165, 1.54) is 18.4 Å². The first-order valence-corrected chi connectivity index (χ1v) is 7.73. The molecule has 0 aliphatic heterocycles. The number of halogens is 1. The molecule has 1 aromatic carbocycles. The third-order valence-corrected chi connectivity index (χ3v) is 4.80. The number of benzene rings is 1. The number of hydrogen-bond acceptors (Lipinski definition) is 1. The second kappa shape index (κ2) is 6.37. The first-order valence-electron chi connectivity index (χ1n) is 6.61. The normalized spacial score (nSPS) is 16.3. The molecule has 0 radical (unpaired) electrons. The number of hydrogen-bond donors (Lipinski definition) is 1. The van der Waals surface area contributed by atoms with Crippen LogP contribution in [-0.4, -0.2) is 17.8 Å². The quantitative estimate of drug-likeness (QED) is 0.769. The van der Waals surface area contributed by atoms with Crippen LogP contribution in [0.25, 0.3) is 0 Å². The van der Waals surface area contributed by atoms with Crippen molar-refractivity contribution < 1.29 is 4.79 Å². The third kappa shape index (κ3) is 4.13. The SMILES string of the molecule is O=C(CCCc1ccccc1)NCC1(CBr)CC1. The summed E-state index contributed by atoms with van der Waals surface area (Å²) in [7, 11) is 0. The molecular weight excluding hydrogens is 290 g/mol. The van der Waals surface area contributed by atoms with Crippen molar-refractivity contribution in [3.8, 4) is 0 Å². The van der Waals surface area contributed by atoms with Crippen molar-refractivity contribution in [3.63, 3.8) is 0 Å². The lowest BCUT2D eigenvalue weighted by atomic mass is 10.1. The summed E-state index contributed by atoms with van der Waals surface area (Å²) in [4.78, 5) is 11.7. The topological polar surface area (TPSA) is 29.1 Å². The Morgan fingerprint density at radius 1 is 1.28 bits per heavy atom. The predicted octanol–water partition coefficient (Wildman–Crippen LogP) is 3.30. The van der Waals surface area contributed by atoms with Gasteiger partial charge in [0.2, 0.25) is 5.91 Å². The van der Waals surface area contributed by atoms with Crippen LogP contribution in [0.3, 0.4) is 0 Å². The van der Waals surface area contributed by atoms with Crippen molar-refractivity contribution >= 4 is 21.8 Å². The van der Waals surface area contributed by atoms with Crippen molar-refractivity contribution in [2.75, 3.05) is 11.9 Å². The van der Waals surface area contributed by atoms with E-state index in [4.69, 9.17) is 0 Å². The maximum Gasteiger partial charge on any atom is 0.220 e. The molecule has 0 saturated heterocycles. The molecule has 1 saturated carbocycles. The molecule has 1 aliphatic rings. The molecule has 0 unspecified atom stereocenters. The molecule has 0 spiro atoms. The van der Waals surface area contributed by atoms with Gasteiger partial charge in [-0.15, -0.1) is 0 Å². The second-order valence-corrected chi connectivity index (χ2v) is 5.81. The van der Waals surface area contributed by atoms with E-state index in [0.29, 0.717) is 11.8 Å². The lowest BCUT2D eigenvalue weighted by molar-refractivity contribution is -0.121. The average Bonchev–Trinajstić information content (AvgIpc) is 3.18. The Morgan fingerprint density at radius 2 is 2.00 bits per heavy atom. The molecular formula is C15H20BrNO. The van der Waals surface area contributed by atoms with Gasteiger partial charge in [0, 0.05) is 18.3 Å². The van der Waals surface area contributed by atoms with E-state index < -0.39 is 0 Å². The zero-order valence-corrected chi connectivity index (χ0v) is 12.2. The highest BCUT2D eigenvalue weighted by atomic mass is 79.9. The smallest absolute Gasteiger partial charge is 0.220 e. The van der Waals surface area contributed by atoms with Gasteiger partial charge in [-0.25, -0.2) is 0 Å². The maximum absolute atomic E-state index is 11.7. The van der Waals surface area contributed by atoms with Crippen LogP contribution < -0.4 is 5.32 Å². The van der Waals surface area contributed by atoms with Crippen molar-refractivity contribution in [2.45, 2.75) is 32.1 Å². The maximum atomic E-state index is 11.7. The van der Waals surface area contributed by atoms with Crippen molar-refractivity contribution in [1.29, 1.82) is 0 Å². The fourth-order valence-corrected chi connectivity index (χ4v) is 2.77. The first kappa shape index (κ1) is 13.6. The number of rotatable bonds is 7. The highest BCUT2D eigenvalue weighted by molar-refractivity contribution is 9.09. The fraction of sp³-hybridized carbons (Fsp3) is 0.533. The monoisotopic (exact) mass is 309 g/mol. The lowest BCUT2D eigenvalue weighted by Gasteiger charge is -2.12. The highest BCUT2D eigenvalue weighted by Gasteiger charge is 2.41. The van der Waals surface area contributed by atoms with Crippen molar-refractivity contribution in [2.24, 2.45) is 5.41 Å². The van der Waals surface area contributed by atoms with Gasteiger partial charge in [0.05, 0.1) is 0 Å². The molecule has 1 aromatic rings. The van der Waals surface area contributed by atoms with Gasteiger partial charge in [-0.2, -0.15) is 0 Å². The number of aryl methyl sites for hydroxylation is 1. The Morgan fingerprint density at radius 3 is 2.61 bits per heavy atom. The van der Waals surface area contributed by atoms with Crippen LogP contribution in [0.15, 0.2) is 30.3 Å². The van der Waals surface area contributed by atoms with Crippen molar-refractivity contribution in [3.05, 3.63) is 35.9 Å². The number of amides is 1. The Labute approximate surface area is 117 Å². The van der Waals surface area contributed by atoms with Crippen LogP contribution in [0.2, 0.25) is 0 Å². The number of carbonyl (C=O) groups excluding carboxylic acids is 1. The van der Waals surface area contributed by atoms with Gasteiger partial charge in [-0.3, -0.25) is 4.79 Å². The van der Waals surface area contributed by atoms with Gasteiger partial charge in [0.15, 0.2) is 0 Å². The molecule has 3 heteroatoms. The predicted molar refractivity (Wildman–Crippen MR) is 77.9 cm³/mol. The molecule has 0 heterocycles. The molecule has 1 amide bonds. The summed E-state index contributed by atoms with van der Waals surface area (Å²) in [6.07, 6.45) is 5.02. The molecule has 0 bridgehead atoms. The molecule has 98 valence electrons. The minimum absolute atomic E-state index is 0.193. The largest absolute Gasteiger partial charge is 0.356 e. The Kier molecular flexibility index (Phi) is 4.81. The van der Waals surface area contributed by atoms with E-state index in [-0.39, 0.29) is 5.91 Å². The van der Waals surface area contributed by atoms with Gasteiger partial charge in [-0.05, 0) is 36.7 Å². The summed E-state index contributed by atoms with van der Waals surface area (Å²) >= 11 is 3.52. The molecule has 2 rings (SSSR count). The van der Waals surface area contributed by atoms with Crippen LogP contribution in [0.5, 0.6) is 0 Å². The zero-order valence-electron chi connectivity index (χ0n) is 10.6. The van der Waals surface area contributed by atoms with Gasteiger partial charge < -0.3 is 5.32 Å². The molecule has 0 atom stereocenters. The summed E-state index contributed by atoms with van der Waals surface area (Å²) in [5.41, 5.74) is 1.68. The van der Waals surface area contributed by atoms with Gasteiger partial charge in [0.25, 0.3) is 0 Å². The van der Waals surface area contributed by atoms with Gasteiger partial charge >= 0.3 is 0 Å². The van der Waals surface area contributed by atoms with Gasteiger partial charge in [-0.1, -0.05) is 46.3 Å². The Hall–Kier alpha value is -0.830. The summed E-state index contributed by atoms with van der Waals surface area (Å²) in [5.74, 6) is 0.193. The van der Waals surface area contributed by atoms with E-state index in [0.717, 1.165) is 24.7 Å². The molecule has 1 fully saturated rings. The summed E-state index contributed by atoms with van der Waals surface area (Å²) in [6.45, 7) is 0.836. The molecule has 1 aliphatic carbocycles. The van der Waals surface area contributed by atoms with Crippen LogP contribution in [0, 0.1) is 5.41 Å². The van der Waals surface area contributed by atoms with Gasteiger partial charge in [0.1, 0.15) is 0 Å². The Balaban J connectivity index is 1.60. The van der Waals surface area contributed by atoms with Crippen LogP contribution in [0.4, 0.5) is 0 Å². The van der Waals surface area contributed by atoms with Crippen molar-refractivity contribution in [1.82, 2.24) is 5.32 Å². The molecule has 1 N–H and O–H groups in total. The summed E-state index contributed by atoms with van der Waals surface area (Å²) in [6, 6.07) is 10.3. The van der Waals surface area contributed by atoms with E-state index in [2.05, 4.69) is 33.4 Å². The first-order chi connectivity index (χ1) is 8.74. The average molecular weight is 310 g/mol. The third-order valence-electron chi connectivity index (χ3n) is 3.61. The standard InChI is InChI=1S/C15H20BrNO/c16-11-15(9-10-15)12-17-14(18)8-4-7-13-5-2-1-3-6-13/h1-3,5-6H,4,7-12H2,(H,17,18). The van der Waals surface area contributed by atoms with Crippen LogP contribution >= 0.6 is 15.9 Å². The van der Waals surface area contributed by atoms with E-state index in [1.54, 1.807) is 0 Å². The number of carbonyl (C=O) groups is 1. The van der Waals surface area contributed by atoms with Crippen LogP contribution in [0.1, 0.15) is 31.2 Å². The molecule has 0 aromatic heterocycles. The zero-order chi connectivity index (χ0) is 12.8. The summed E-state index contributed by atoms with van der Waals surface area (Å²) in [5, 5.41) is 4.06. The van der Waals surface area contributed by atoms with E-state index >= 15 is 0 Å². The fourth-order valence-electron chi connectivity index (χ4n) is 2.01. The minimum atomic E-state index is 0.193. The lowest BCUT2D eigenvalue weighted by Crippen LogP contribution is -2.30. The number of alkyl halides is 1. The number of nitrogens with one attached hydrogen (secondary N) is 1. The molecule has 18 heavy (non-hydrogen) atoms. The second-order valence-electron chi connectivity index (χ2n) is 5.25.